The Morgan fingerprint density at radius 2 is 1.92 bits per heavy atom. The fourth-order valence-electron chi connectivity index (χ4n) is 3.79. The van der Waals surface area contributed by atoms with E-state index in [1.54, 1.807) is 13.0 Å². The van der Waals surface area contributed by atoms with E-state index in [1.807, 2.05) is 0 Å². The Balaban J connectivity index is 1.69. The van der Waals surface area contributed by atoms with Crippen molar-refractivity contribution < 1.29 is 18.7 Å². The Morgan fingerprint density at radius 3 is 2.54 bits per heavy atom. The van der Waals surface area contributed by atoms with Crippen LogP contribution in [-0.2, 0) is 4.79 Å². The van der Waals surface area contributed by atoms with E-state index in [4.69, 9.17) is 9.47 Å². The smallest absolute Gasteiger partial charge is 0.224 e. The summed E-state index contributed by atoms with van der Waals surface area (Å²) < 4.78 is 24.6. The number of methoxy groups -OCH3 is 2. The van der Waals surface area contributed by atoms with Crippen molar-refractivity contribution >= 4 is 5.91 Å². The Labute approximate surface area is 141 Å². The van der Waals surface area contributed by atoms with Crippen molar-refractivity contribution in [3.05, 3.63) is 23.5 Å². The first-order valence-electron chi connectivity index (χ1n) is 8.43. The summed E-state index contributed by atoms with van der Waals surface area (Å²) in [6.07, 6.45) is 3.04. The molecule has 0 radical (unpaired) electrons. The summed E-state index contributed by atoms with van der Waals surface area (Å²) in [6, 6.07) is 2.46. The van der Waals surface area contributed by atoms with Crippen LogP contribution in [0.1, 0.15) is 37.8 Å². The first-order chi connectivity index (χ1) is 11.5. The number of benzene rings is 1. The highest BCUT2D eigenvalue weighted by atomic mass is 19.1. The summed E-state index contributed by atoms with van der Waals surface area (Å²) in [5.74, 6) is 0.473. The van der Waals surface area contributed by atoms with Crippen molar-refractivity contribution in [2.45, 2.75) is 32.2 Å². The topological polar surface area (TPSA) is 59.6 Å². The van der Waals surface area contributed by atoms with Gasteiger partial charge < -0.3 is 20.1 Å². The lowest BCUT2D eigenvalue weighted by Gasteiger charge is -2.24. The van der Waals surface area contributed by atoms with E-state index in [1.165, 1.54) is 20.3 Å². The molecule has 1 saturated heterocycles. The molecule has 3 rings (SSSR count). The van der Waals surface area contributed by atoms with Gasteiger partial charge in [0.15, 0.2) is 11.5 Å². The number of amides is 1. The van der Waals surface area contributed by atoms with Gasteiger partial charge in [0.1, 0.15) is 5.82 Å². The first-order valence-corrected chi connectivity index (χ1v) is 8.43. The maximum atomic E-state index is 14.3. The van der Waals surface area contributed by atoms with Gasteiger partial charge in [0.05, 0.1) is 20.3 Å². The van der Waals surface area contributed by atoms with Crippen molar-refractivity contribution in [2.75, 3.05) is 27.3 Å². The molecule has 2 aliphatic rings. The number of piperidine rings is 1. The average Bonchev–Trinajstić information content (AvgIpc) is 3.28. The predicted molar refractivity (Wildman–Crippen MR) is 88.7 cm³/mol. The van der Waals surface area contributed by atoms with Crippen LogP contribution in [0.15, 0.2) is 12.1 Å². The van der Waals surface area contributed by atoms with Crippen molar-refractivity contribution in [3.8, 4) is 11.5 Å². The Morgan fingerprint density at radius 1 is 1.29 bits per heavy atom. The van der Waals surface area contributed by atoms with Gasteiger partial charge in [0, 0.05) is 17.5 Å². The average molecular weight is 336 g/mol. The predicted octanol–water partition coefficient (Wildman–Crippen LogP) is 2.41. The largest absolute Gasteiger partial charge is 0.493 e. The van der Waals surface area contributed by atoms with Gasteiger partial charge in [0.25, 0.3) is 0 Å². The molecule has 2 fully saturated rings. The highest BCUT2D eigenvalue weighted by molar-refractivity contribution is 5.83. The van der Waals surface area contributed by atoms with Crippen LogP contribution in [-0.4, -0.2) is 33.2 Å². The minimum atomic E-state index is -0.420. The van der Waals surface area contributed by atoms with Crippen LogP contribution in [0.4, 0.5) is 4.39 Å². The maximum Gasteiger partial charge on any atom is 0.224 e. The molecule has 1 aliphatic heterocycles. The number of carbonyl (C=O) groups excluding carboxylic acids is 1. The molecule has 0 aromatic heterocycles. The summed E-state index contributed by atoms with van der Waals surface area (Å²) in [5, 5.41) is 6.29. The molecule has 0 bridgehead atoms. The molecule has 1 aromatic carbocycles. The lowest BCUT2D eigenvalue weighted by atomic mass is 9.91. The fraction of sp³-hybridized carbons (Fsp3) is 0.611. The van der Waals surface area contributed by atoms with Gasteiger partial charge in [-0.25, -0.2) is 4.39 Å². The molecule has 5 nitrogen and oxygen atoms in total. The van der Waals surface area contributed by atoms with E-state index in [0.717, 1.165) is 32.4 Å². The highest BCUT2D eigenvalue weighted by Crippen LogP contribution is 2.58. The Bertz CT molecular complexity index is 629. The normalized spacial score (nSPS) is 22.8. The minimum Gasteiger partial charge on any atom is -0.493 e. The van der Waals surface area contributed by atoms with E-state index in [-0.39, 0.29) is 17.2 Å². The summed E-state index contributed by atoms with van der Waals surface area (Å²) in [7, 11) is 2.97. The molecular formula is C18H25FN2O3. The Kier molecular flexibility index (Phi) is 4.67. The van der Waals surface area contributed by atoms with Crippen LogP contribution in [0.3, 0.4) is 0 Å². The summed E-state index contributed by atoms with van der Waals surface area (Å²) >= 11 is 0. The molecule has 6 heteroatoms. The third-order valence-corrected chi connectivity index (χ3v) is 5.43. The second-order valence-electron chi connectivity index (χ2n) is 6.83. The van der Waals surface area contributed by atoms with Crippen molar-refractivity contribution in [2.24, 2.45) is 11.3 Å². The molecular weight excluding hydrogens is 311 g/mol. The number of halogens is 1. The molecule has 1 saturated carbocycles. The molecule has 2 unspecified atom stereocenters. The maximum absolute atomic E-state index is 14.3. The summed E-state index contributed by atoms with van der Waals surface area (Å²) in [6.45, 7) is 3.74. The molecule has 132 valence electrons. The quantitative estimate of drug-likeness (QED) is 0.867. The number of hydrogen-bond acceptors (Lipinski definition) is 4. The lowest BCUT2D eigenvalue weighted by Crippen LogP contribution is -2.34. The molecule has 1 aromatic rings. The number of rotatable bonds is 5. The molecule has 24 heavy (non-hydrogen) atoms. The standard InChI is InChI=1S/C18H25FN2O3/c1-11(12-8-15(23-2)16(24-3)9-14(12)19)21-17(22)13-10-18(13)4-6-20-7-5-18/h8-9,11,13,20H,4-7,10H2,1-3H3,(H,21,22). The van der Waals surface area contributed by atoms with Gasteiger partial charge in [0.2, 0.25) is 5.91 Å². The highest BCUT2D eigenvalue weighted by Gasteiger charge is 2.57. The van der Waals surface area contributed by atoms with Gasteiger partial charge in [-0.15, -0.1) is 0 Å². The second-order valence-corrected chi connectivity index (χ2v) is 6.83. The number of hydrogen-bond donors (Lipinski definition) is 2. The molecule has 2 atom stereocenters. The van der Waals surface area contributed by atoms with Gasteiger partial charge in [-0.3, -0.25) is 4.79 Å². The van der Waals surface area contributed by atoms with Crippen molar-refractivity contribution in [1.29, 1.82) is 0 Å². The van der Waals surface area contributed by atoms with E-state index >= 15 is 0 Å². The van der Waals surface area contributed by atoms with Gasteiger partial charge in [-0.1, -0.05) is 0 Å². The summed E-state index contributed by atoms with van der Waals surface area (Å²) in [4.78, 5) is 12.5. The zero-order valence-electron chi connectivity index (χ0n) is 14.4. The molecule has 1 aliphatic carbocycles. The van der Waals surface area contributed by atoms with Crippen molar-refractivity contribution in [1.82, 2.24) is 10.6 Å². The second kappa shape index (κ2) is 6.59. The monoisotopic (exact) mass is 336 g/mol. The number of nitrogens with one attached hydrogen (secondary N) is 2. The van der Waals surface area contributed by atoms with Crippen LogP contribution >= 0.6 is 0 Å². The minimum absolute atomic E-state index is 0.0265. The molecule has 1 heterocycles. The van der Waals surface area contributed by atoms with E-state index in [2.05, 4.69) is 10.6 Å². The van der Waals surface area contributed by atoms with Gasteiger partial charge >= 0.3 is 0 Å². The molecule has 2 N–H and O–H groups in total. The van der Waals surface area contributed by atoms with E-state index in [9.17, 15) is 9.18 Å². The van der Waals surface area contributed by atoms with E-state index < -0.39 is 11.9 Å². The zero-order valence-corrected chi connectivity index (χ0v) is 14.4. The first kappa shape index (κ1) is 17.0. The van der Waals surface area contributed by atoms with Crippen LogP contribution in [0.5, 0.6) is 11.5 Å². The van der Waals surface area contributed by atoms with Gasteiger partial charge in [-0.05, 0) is 50.8 Å². The lowest BCUT2D eigenvalue weighted by molar-refractivity contribution is -0.123. The molecule has 1 amide bonds. The van der Waals surface area contributed by atoms with Crippen LogP contribution in [0, 0.1) is 17.2 Å². The number of ether oxygens (including phenoxy) is 2. The third kappa shape index (κ3) is 3.07. The van der Waals surface area contributed by atoms with Crippen LogP contribution in [0.25, 0.3) is 0 Å². The number of carbonyl (C=O) groups is 1. The van der Waals surface area contributed by atoms with Crippen molar-refractivity contribution in [3.63, 3.8) is 0 Å². The van der Waals surface area contributed by atoms with Crippen LogP contribution < -0.4 is 20.1 Å². The van der Waals surface area contributed by atoms with Crippen LogP contribution in [0.2, 0.25) is 0 Å². The van der Waals surface area contributed by atoms with Gasteiger partial charge in [-0.2, -0.15) is 0 Å². The zero-order chi connectivity index (χ0) is 17.3. The van der Waals surface area contributed by atoms with E-state index in [0.29, 0.717) is 17.1 Å². The fourth-order valence-corrected chi connectivity index (χ4v) is 3.79. The summed E-state index contributed by atoms with van der Waals surface area (Å²) in [5.41, 5.74) is 0.576. The SMILES string of the molecule is COc1cc(F)c(C(C)NC(=O)C2CC23CCNCC3)cc1OC. The Hall–Kier alpha value is -1.82. The molecule has 1 spiro atoms. The third-order valence-electron chi connectivity index (χ3n) is 5.43.